The smallest absolute Gasteiger partial charge is 0.277 e. The summed E-state index contributed by atoms with van der Waals surface area (Å²) in [7, 11) is 0. The summed E-state index contributed by atoms with van der Waals surface area (Å²) in [6.45, 7) is 8.38. The molecule has 0 fully saturated rings. The molecule has 7 heteroatoms. The van der Waals surface area contributed by atoms with Gasteiger partial charge >= 0.3 is 0 Å². The Morgan fingerprint density at radius 3 is 2.81 bits per heavy atom. The van der Waals surface area contributed by atoms with Gasteiger partial charge in [-0.1, -0.05) is 35.1 Å². The predicted molar refractivity (Wildman–Crippen MR) is 114 cm³/mol. The van der Waals surface area contributed by atoms with Gasteiger partial charge in [0.1, 0.15) is 11.3 Å². The van der Waals surface area contributed by atoms with Crippen LogP contribution in [0.2, 0.25) is 0 Å². The fraction of sp³-hybridized carbons (Fsp3) is 0.350. The molecule has 0 unspecified atom stereocenters. The Morgan fingerprint density at radius 1 is 1.22 bits per heavy atom. The van der Waals surface area contributed by atoms with E-state index in [0.29, 0.717) is 11.1 Å². The second-order valence-electron chi connectivity index (χ2n) is 6.68. The quantitative estimate of drug-likeness (QED) is 0.317. The fourth-order valence-corrected chi connectivity index (χ4v) is 3.79. The summed E-state index contributed by atoms with van der Waals surface area (Å²) in [6.07, 6.45) is 8.62. The van der Waals surface area contributed by atoms with Gasteiger partial charge in [0, 0.05) is 16.4 Å². The first-order chi connectivity index (χ1) is 12.9. The largest absolute Gasteiger partial charge is 0.410 e. The van der Waals surface area contributed by atoms with Gasteiger partial charge in [0.05, 0.1) is 5.69 Å². The monoisotopic (exact) mass is 446 g/mol. The zero-order valence-electron chi connectivity index (χ0n) is 16.0. The van der Waals surface area contributed by atoms with Crippen molar-refractivity contribution >= 4 is 33.3 Å². The zero-order valence-corrected chi connectivity index (χ0v) is 18.4. The molecule has 0 aliphatic heterocycles. The molecular weight excluding hydrogens is 424 g/mol. The molecule has 0 amide bonds. The summed E-state index contributed by atoms with van der Waals surface area (Å²) in [5.74, 6) is 1.31. The van der Waals surface area contributed by atoms with E-state index in [-0.39, 0.29) is 0 Å². The number of hydrogen-bond donors (Lipinski definition) is 0. The van der Waals surface area contributed by atoms with E-state index in [1.807, 2.05) is 29.7 Å². The molecule has 0 bridgehead atoms. The molecule has 3 heterocycles. The number of nitrogens with zero attached hydrogens (tertiary/aromatic N) is 4. The molecule has 0 atom stereocenters. The van der Waals surface area contributed by atoms with E-state index in [4.69, 9.17) is 4.42 Å². The van der Waals surface area contributed by atoms with Gasteiger partial charge in [0.15, 0.2) is 0 Å². The first-order valence-electron chi connectivity index (χ1n) is 8.84. The topological polar surface area (TPSA) is 56.2 Å². The standard InChI is InChI=1S/C20H23BrN4OS/c1-13(2)6-5-7-14(3)10-11-27-20-24-23-19(26-20)18-15(4)22-17-9-8-16(21)12-25(17)18/h6,8-10,12H,5,7,11H2,1-4H3/b14-10+. The number of halogens is 1. The number of aryl methyl sites for hydroxylation is 1. The van der Waals surface area contributed by atoms with E-state index in [0.717, 1.165) is 40.1 Å². The molecule has 0 aliphatic rings. The Morgan fingerprint density at radius 2 is 2.04 bits per heavy atom. The number of aromatic nitrogens is 4. The third kappa shape index (κ3) is 5.11. The van der Waals surface area contributed by atoms with Crippen LogP contribution in [0.1, 0.15) is 39.3 Å². The Hall–Kier alpha value is -1.86. The highest BCUT2D eigenvalue weighted by atomic mass is 79.9. The van der Waals surface area contributed by atoms with Gasteiger partial charge in [-0.2, -0.15) is 0 Å². The van der Waals surface area contributed by atoms with Crippen LogP contribution in [0.25, 0.3) is 17.2 Å². The van der Waals surface area contributed by atoms with Crippen LogP contribution in [-0.4, -0.2) is 25.3 Å². The van der Waals surface area contributed by atoms with E-state index in [1.54, 1.807) is 11.8 Å². The molecule has 0 aromatic carbocycles. The molecule has 0 radical (unpaired) electrons. The van der Waals surface area contributed by atoms with Crippen molar-refractivity contribution in [2.75, 3.05) is 5.75 Å². The molecule has 0 aliphatic carbocycles. The van der Waals surface area contributed by atoms with E-state index >= 15 is 0 Å². The van der Waals surface area contributed by atoms with Crippen molar-refractivity contribution in [3.8, 4) is 11.6 Å². The van der Waals surface area contributed by atoms with Gasteiger partial charge in [0.2, 0.25) is 0 Å². The fourth-order valence-electron chi connectivity index (χ4n) is 2.70. The maximum Gasteiger partial charge on any atom is 0.277 e. The van der Waals surface area contributed by atoms with E-state index in [2.05, 4.69) is 64.0 Å². The molecular formula is C20H23BrN4OS. The highest BCUT2D eigenvalue weighted by Gasteiger charge is 2.17. The number of rotatable bonds is 7. The van der Waals surface area contributed by atoms with Crippen molar-refractivity contribution in [2.45, 2.75) is 45.8 Å². The highest BCUT2D eigenvalue weighted by Crippen LogP contribution is 2.28. The third-order valence-corrected chi connectivity index (χ3v) is 5.31. The van der Waals surface area contributed by atoms with Crippen molar-refractivity contribution in [2.24, 2.45) is 0 Å². The summed E-state index contributed by atoms with van der Waals surface area (Å²) in [6, 6.07) is 3.92. The summed E-state index contributed by atoms with van der Waals surface area (Å²) >= 11 is 5.05. The van der Waals surface area contributed by atoms with Crippen LogP contribution in [0.15, 0.2) is 55.7 Å². The van der Waals surface area contributed by atoms with E-state index in [9.17, 15) is 0 Å². The van der Waals surface area contributed by atoms with E-state index in [1.165, 1.54) is 11.1 Å². The molecule has 5 nitrogen and oxygen atoms in total. The molecule has 3 aromatic rings. The van der Waals surface area contributed by atoms with Crippen LogP contribution in [0.5, 0.6) is 0 Å². The van der Waals surface area contributed by atoms with E-state index < -0.39 is 0 Å². The van der Waals surface area contributed by atoms with Gasteiger partial charge in [-0.25, -0.2) is 4.98 Å². The normalized spacial score (nSPS) is 12.0. The summed E-state index contributed by atoms with van der Waals surface area (Å²) in [5.41, 5.74) is 5.29. The lowest BCUT2D eigenvalue weighted by atomic mass is 10.1. The van der Waals surface area contributed by atoms with Crippen LogP contribution >= 0.6 is 27.7 Å². The lowest BCUT2D eigenvalue weighted by Crippen LogP contribution is -1.89. The summed E-state index contributed by atoms with van der Waals surface area (Å²) < 4.78 is 8.81. The van der Waals surface area contributed by atoms with Crippen LogP contribution in [0.4, 0.5) is 0 Å². The van der Waals surface area contributed by atoms with Crippen molar-refractivity contribution < 1.29 is 4.42 Å². The molecule has 3 rings (SSSR count). The first kappa shape index (κ1) is 19.9. The second-order valence-corrected chi connectivity index (χ2v) is 8.56. The number of allylic oxidation sites excluding steroid dienone is 3. The van der Waals surface area contributed by atoms with Crippen molar-refractivity contribution in [1.29, 1.82) is 0 Å². The van der Waals surface area contributed by atoms with Crippen LogP contribution in [-0.2, 0) is 0 Å². The Labute approximate surface area is 172 Å². The Balaban J connectivity index is 1.68. The van der Waals surface area contributed by atoms with Gasteiger partial charge in [-0.15, -0.1) is 10.2 Å². The zero-order chi connectivity index (χ0) is 19.4. The average Bonchev–Trinajstić information content (AvgIpc) is 3.17. The highest BCUT2D eigenvalue weighted by molar-refractivity contribution is 9.10. The minimum absolute atomic E-state index is 0.491. The molecule has 0 saturated heterocycles. The Bertz CT molecular complexity index is 999. The minimum atomic E-state index is 0.491. The van der Waals surface area contributed by atoms with Gasteiger partial charge in [-0.05, 0) is 68.6 Å². The average molecular weight is 447 g/mol. The number of imidazole rings is 1. The number of pyridine rings is 1. The SMILES string of the molecule is CC(C)=CCC/C(C)=C/CSc1nnc(-c2c(C)nc3ccc(Br)cn23)o1. The minimum Gasteiger partial charge on any atom is -0.410 e. The Kier molecular flexibility index (Phi) is 6.55. The molecule has 3 aromatic heterocycles. The number of thioether (sulfide) groups is 1. The van der Waals surface area contributed by atoms with Gasteiger partial charge < -0.3 is 4.42 Å². The lowest BCUT2D eigenvalue weighted by Gasteiger charge is -1.99. The van der Waals surface area contributed by atoms with Crippen molar-refractivity contribution in [3.63, 3.8) is 0 Å². The van der Waals surface area contributed by atoms with Gasteiger partial charge in [0.25, 0.3) is 11.1 Å². The second kappa shape index (κ2) is 8.89. The maximum atomic E-state index is 5.88. The van der Waals surface area contributed by atoms with Crippen molar-refractivity contribution in [1.82, 2.24) is 19.6 Å². The van der Waals surface area contributed by atoms with Crippen LogP contribution in [0, 0.1) is 6.92 Å². The van der Waals surface area contributed by atoms with Crippen molar-refractivity contribution in [3.05, 3.63) is 51.8 Å². The molecule has 142 valence electrons. The summed E-state index contributed by atoms with van der Waals surface area (Å²) in [5, 5.41) is 8.98. The first-order valence-corrected chi connectivity index (χ1v) is 10.6. The predicted octanol–water partition coefficient (Wildman–Crippen LogP) is 6.24. The number of hydrogen-bond acceptors (Lipinski definition) is 5. The van der Waals surface area contributed by atoms with Crippen LogP contribution < -0.4 is 0 Å². The molecule has 0 spiro atoms. The van der Waals surface area contributed by atoms with Crippen LogP contribution in [0.3, 0.4) is 0 Å². The molecule has 0 N–H and O–H groups in total. The number of fused-ring (bicyclic) bond motifs is 1. The molecule has 27 heavy (non-hydrogen) atoms. The summed E-state index contributed by atoms with van der Waals surface area (Å²) in [4.78, 5) is 4.56. The third-order valence-electron chi connectivity index (χ3n) is 4.10. The lowest BCUT2D eigenvalue weighted by molar-refractivity contribution is 0.464. The molecule has 0 saturated carbocycles. The maximum absolute atomic E-state index is 5.88. The van der Waals surface area contributed by atoms with Gasteiger partial charge in [-0.3, -0.25) is 4.40 Å².